The van der Waals surface area contributed by atoms with Crippen molar-refractivity contribution in [2.24, 2.45) is 0 Å². The molecule has 0 aliphatic carbocycles. The van der Waals surface area contributed by atoms with E-state index in [0.29, 0.717) is 25.3 Å². The predicted octanol–water partition coefficient (Wildman–Crippen LogP) is 1.83. The van der Waals surface area contributed by atoms with E-state index in [0.717, 1.165) is 18.6 Å². The first kappa shape index (κ1) is 15.4. The van der Waals surface area contributed by atoms with Crippen LogP contribution in [0.25, 0.3) is 0 Å². The summed E-state index contributed by atoms with van der Waals surface area (Å²) in [6, 6.07) is 7.28. The monoisotopic (exact) mass is 290 g/mol. The Morgan fingerprint density at radius 1 is 1.24 bits per heavy atom. The van der Waals surface area contributed by atoms with E-state index in [1.807, 2.05) is 11.8 Å². The van der Waals surface area contributed by atoms with E-state index in [-0.39, 0.29) is 17.9 Å². The topological polar surface area (TPSA) is 58.6 Å². The van der Waals surface area contributed by atoms with Crippen molar-refractivity contribution in [1.29, 1.82) is 0 Å². The van der Waals surface area contributed by atoms with Crippen molar-refractivity contribution in [2.45, 2.75) is 32.7 Å². The number of piperidine rings is 1. The van der Waals surface area contributed by atoms with Crippen LogP contribution in [0.2, 0.25) is 0 Å². The highest BCUT2D eigenvalue weighted by Crippen LogP contribution is 2.14. The van der Waals surface area contributed by atoms with Gasteiger partial charge in [-0.1, -0.05) is 0 Å². The first-order valence-corrected chi connectivity index (χ1v) is 7.39. The molecule has 114 valence electrons. The lowest BCUT2D eigenvalue weighted by atomic mass is 10.0. The van der Waals surface area contributed by atoms with Crippen LogP contribution in [0.5, 0.6) is 5.75 Å². The van der Waals surface area contributed by atoms with Crippen LogP contribution >= 0.6 is 0 Å². The Bertz CT molecular complexity index is 491. The van der Waals surface area contributed by atoms with Crippen LogP contribution in [-0.4, -0.2) is 42.5 Å². The Balaban J connectivity index is 1.86. The second-order valence-corrected chi connectivity index (χ2v) is 5.21. The number of carbonyl (C=O) groups excluding carboxylic acids is 2. The maximum Gasteiger partial charge on any atom is 0.251 e. The van der Waals surface area contributed by atoms with Gasteiger partial charge in [0.2, 0.25) is 5.91 Å². The van der Waals surface area contributed by atoms with E-state index in [1.165, 1.54) is 0 Å². The number of ether oxygens (including phenoxy) is 1. The van der Waals surface area contributed by atoms with E-state index in [9.17, 15) is 9.59 Å². The van der Waals surface area contributed by atoms with Gasteiger partial charge in [0.15, 0.2) is 0 Å². The van der Waals surface area contributed by atoms with Gasteiger partial charge in [0.25, 0.3) is 5.91 Å². The Labute approximate surface area is 125 Å². The minimum atomic E-state index is -0.0701. The number of hydrogen-bond donors (Lipinski definition) is 1. The maximum absolute atomic E-state index is 12.2. The van der Waals surface area contributed by atoms with Gasteiger partial charge >= 0.3 is 0 Å². The molecule has 1 heterocycles. The second-order valence-electron chi connectivity index (χ2n) is 5.21. The molecule has 1 aliphatic rings. The van der Waals surface area contributed by atoms with Crippen LogP contribution in [0.1, 0.15) is 37.0 Å². The number of amides is 2. The molecule has 1 aliphatic heterocycles. The molecule has 0 bridgehead atoms. The summed E-state index contributed by atoms with van der Waals surface area (Å²) in [5.41, 5.74) is 0.632. The van der Waals surface area contributed by atoms with Gasteiger partial charge in [-0.15, -0.1) is 0 Å². The summed E-state index contributed by atoms with van der Waals surface area (Å²) >= 11 is 0. The summed E-state index contributed by atoms with van der Waals surface area (Å²) < 4.78 is 5.36. The summed E-state index contributed by atoms with van der Waals surface area (Å²) in [5.74, 6) is 0.800. The van der Waals surface area contributed by atoms with E-state index >= 15 is 0 Å². The number of likely N-dealkylation sites (tertiary alicyclic amines) is 1. The summed E-state index contributed by atoms with van der Waals surface area (Å²) in [6.45, 7) is 5.54. The molecule has 0 unspecified atom stereocenters. The zero-order chi connectivity index (χ0) is 15.2. The predicted molar refractivity (Wildman–Crippen MR) is 80.4 cm³/mol. The number of benzene rings is 1. The average molecular weight is 290 g/mol. The molecule has 0 saturated carbocycles. The lowest BCUT2D eigenvalue weighted by Crippen LogP contribution is -2.45. The first-order valence-electron chi connectivity index (χ1n) is 7.39. The minimum Gasteiger partial charge on any atom is -0.494 e. The molecular weight excluding hydrogens is 268 g/mol. The van der Waals surface area contributed by atoms with Crippen molar-refractivity contribution in [3.05, 3.63) is 29.8 Å². The molecule has 5 heteroatoms. The summed E-state index contributed by atoms with van der Waals surface area (Å²) in [7, 11) is 0. The third-order valence-corrected chi connectivity index (χ3v) is 3.70. The summed E-state index contributed by atoms with van der Waals surface area (Å²) in [5, 5.41) is 3.03. The molecule has 0 radical (unpaired) electrons. The molecule has 1 aromatic rings. The van der Waals surface area contributed by atoms with Crippen molar-refractivity contribution < 1.29 is 14.3 Å². The maximum atomic E-state index is 12.2. The van der Waals surface area contributed by atoms with Crippen molar-refractivity contribution in [2.75, 3.05) is 19.7 Å². The van der Waals surface area contributed by atoms with E-state index in [1.54, 1.807) is 31.2 Å². The van der Waals surface area contributed by atoms with Crippen molar-refractivity contribution in [3.63, 3.8) is 0 Å². The molecule has 0 spiro atoms. The van der Waals surface area contributed by atoms with Crippen molar-refractivity contribution in [1.82, 2.24) is 10.2 Å². The van der Waals surface area contributed by atoms with Crippen molar-refractivity contribution in [3.8, 4) is 5.75 Å². The zero-order valence-electron chi connectivity index (χ0n) is 12.6. The Morgan fingerprint density at radius 2 is 1.86 bits per heavy atom. The third-order valence-electron chi connectivity index (χ3n) is 3.70. The number of nitrogens with one attached hydrogen (secondary N) is 1. The fourth-order valence-electron chi connectivity index (χ4n) is 2.48. The molecule has 2 amide bonds. The lowest BCUT2D eigenvalue weighted by Gasteiger charge is -2.31. The Morgan fingerprint density at radius 3 is 2.38 bits per heavy atom. The van der Waals surface area contributed by atoms with Gasteiger partial charge in [-0.3, -0.25) is 9.59 Å². The summed E-state index contributed by atoms with van der Waals surface area (Å²) in [6.07, 6.45) is 1.62. The molecule has 1 N–H and O–H groups in total. The molecule has 21 heavy (non-hydrogen) atoms. The molecule has 1 aromatic carbocycles. The minimum absolute atomic E-state index is 0.0701. The van der Waals surface area contributed by atoms with Gasteiger partial charge in [0, 0.05) is 31.6 Å². The molecule has 0 aromatic heterocycles. The van der Waals surface area contributed by atoms with Crippen molar-refractivity contribution >= 4 is 11.8 Å². The first-order chi connectivity index (χ1) is 10.1. The Kier molecular flexibility index (Phi) is 5.20. The zero-order valence-corrected chi connectivity index (χ0v) is 12.6. The highest BCUT2D eigenvalue weighted by atomic mass is 16.5. The lowest BCUT2D eigenvalue weighted by molar-refractivity contribution is -0.129. The number of rotatable bonds is 4. The van der Waals surface area contributed by atoms with Gasteiger partial charge in [-0.05, 0) is 44.0 Å². The SMILES string of the molecule is CCOc1ccc(C(=O)NC2CCN(C(C)=O)CC2)cc1. The normalized spacial score (nSPS) is 15.6. The molecule has 1 saturated heterocycles. The van der Waals surface area contributed by atoms with E-state index in [2.05, 4.69) is 5.32 Å². The molecule has 0 atom stereocenters. The van der Waals surface area contributed by atoms with Crippen LogP contribution in [0.15, 0.2) is 24.3 Å². The average Bonchev–Trinajstić information content (AvgIpc) is 2.49. The highest BCUT2D eigenvalue weighted by molar-refractivity contribution is 5.94. The number of carbonyl (C=O) groups is 2. The van der Waals surface area contributed by atoms with Gasteiger partial charge in [0.1, 0.15) is 5.75 Å². The highest BCUT2D eigenvalue weighted by Gasteiger charge is 2.22. The van der Waals surface area contributed by atoms with Crippen LogP contribution in [0, 0.1) is 0 Å². The fraction of sp³-hybridized carbons (Fsp3) is 0.500. The molecular formula is C16H22N2O3. The number of nitrogens with zero attached hydrogens (tertiary/aromatic N) is 1. The second kappa shape index (κ2) is 7.11. The van der Waals surface area contributed by atoms with Crippen LogP contribution < -0.4 is 10.1 Å². The van der Waals surface area contributed by atoms with Gasteiger partial charge < -0.3 is 15.0 Å². The van der Waals surface area contributed by atoms with Gasteiger partial charge in [0.05, 0.1) is 6.61 Å². The van der Waals surface area contributed by atoms with Crippen LogP contribution in [-0.2, 0) is 4.79 Å². The summed E-state index contributed by atoms with van der Waals surface area (Å²) in [4.78, 5) is 25.2. The van der Waals surface area contributed by atoms with Crippen LogP contribution in [0.4, 0.5) is 0 Å². The Hall–Kier alpha value is -2.04. The van der Waals surface area contributed by atoms with E-state index in [4.69, 9.17) is 4.74 Å². The smallest absolute Gasteiger partial charge is 0.251 e. The van der Waals surface area contributed by atoms with Gasteiger partial charge in [-0.25, -0.2) is 0 Å². The molecule has 2 rings (SSSR count). The quantitative estimate of drug-likeness (QED) is 0.920. The molecule has 5 nitrogen and oxygen atoms in total. The standard InChI is InChI=1S/C16H22N2O3/c1-3-21-15-6-4-13(5-7-15)16(20)17-14-8-10-18(11-9-14)12(2)19/h4-7,14H,3,8-11H2,1-2H3,(H,17,20). The largest absolute Gasteiger partial charge is 0.494 e. The van der Waals surface area contributed by atoms with Crippen LogP contribution in [0.3, 0.4) is 0 Å². The fourth-order valence-corrected chi connectivity index (χ4v) is 2.48. The van der Waals surface area contributed by atoms with Gasteiger partial charge in [-0.2, -0.15) is 0 Å². The molecule has 1 fully saturated rings. The van der Waals surface area contributed by atoms with E-state index < -0.39 is 0 Å². The third kappa shape index (κ3) is 4.21. The number of hydrogen-bond acceptors (Lipinski definition) is 3.